The van der Waals surface area contributed by atoms with Crippen LogP contribution in [0.2, 0.25) is 0 Å². The average Bonchev–Trinajstić information content (AvgIpc) is 2.89. The largest absolute Gasteiger partial charge is 0.433 e. The van der Waals surface area contributed by atoms with Gasteiger partial charge in [0.25, 0.3) is 0 Å². The van der Waals surface area contributed by atoms with Gasteiger partial charge in [-0.15, -0.1) is 11.3 Å². The van der Waals surface area contributed by atoms with E-state index in [4.69, 9.17) is 4.42 Å². The van der Waals surface area contributed by atoms with E-state index in [9.17, 15) is 10.1 Å². The van der Waals surface area contributed by atoms with E-state index in [2.05, 4.69) is 21.2 Å². The smallest absolute Gasteiger partial charge is 0.404 e. The van der Waals surface area contributed by atoms with Crippen molar-refractivity contribution in [1.29, 1.82) is 0 Å². The lowest BCUT2D eigenvalue weighted by molar-refractivity contribution is -0.402. The summed E-state index contributed by atoms with van der Waals surface area (Å²) in [5.41, 5.74) is 0. The van der Waals surface area contributed by atoms with Crippen molar-refractivity contribution >= 4 is 33.2 Å². The van der Waals surface area contributed by atoms with Crippen LogP contribution in [0.25, 0.3) is 0 Å². The highest BCUT2D eigenvalue weighted by Gasteiger charge is 2.11. The fourth-order valence-corrected chi connectivity index (χ4v) is 2.77. The Labute approximate surface area is 110 Å². The number of hydrogen-bond donors (Lipinski definition) is 1. The Hall–Kier alpha value is -1.18. The molecule has 17 heavy (non-hydrogen) atoms. The third-order valence-corrected chi connectivity index (χ3v) is 4.03. The minimum Gasteiger partial charge on any atom is -0.404 e. The van der Waals surface area contributed by atoms with Gasteiger partial charge in [0.05, 0.1) is 12.6 Å². The molecule has 0 aromatic carbocycles. The summed E-state index contributed by atoms with van der Waals surface area (Å²) < 4.78 is 6.09. The first-order valence-corrected chi connectivity index (χ1v) is 6.50. The zero-order valence-corrected chi connectivity index (χ0v) is 11.1. The van der Waals surface area contributed by atoms with Crippen LogP contribution in [0.1, 0.15) is 10.6 Å². The summed E-state index contributed by atoms with van der Waals surface area (Å²) in [4.78, 5) is 11.1. The summed E-state index contributed by atoms with van der Waals surface area (Å²) in [6, 6.07) is 4.95. The van der Waals surface area contributed by atoms with E-state index < -0.39 is 4.92 Å². The number of halogens is 1. The van der Waals surface area contributed by atoms with Gasteiger partial charge in [-0.05, 0) is 33.4 Å². The van der Waals surface area contributed by atoms with Gasteiger partial charge in [-0.25, -0.2) is 0 Å². The molecule has 0 atom stereocenters. The van der Waals surface area contributed by atoms with E-state index in [-0.39, 0.29) is 5.88 Å². The average molecular weight is 317 g/mol. The molecule has 0 bridgehead atoms. The van der Waals surface area contributed by atoms with E-state index in [1.54, 1.807) is 17.4 Å². The van der Waals surface area contributed by atoms with Crippen molar-refractivity contribution in [2.45, 2.75) is 13.1 Å². The van der Waals surface area contributed by atoms with Crippen LogP contribution in [0.5, 0.6) is 0 Å². The SMILES string of the molecule is O=[N+]([O-])c1ccc(CNCc2sccc2Br)o1. The van der Waals surface area contributed by atoms with Crippen molar-refractivity contribution in [1.82, 2.24) is 5.32 Å². The fraction of sp³-hybridized carbons (Fsp3) is 0.200. The molecule has 0 radical (unpaired) electrons. The van der Waals surface area contributed by atoms with Crippen molar-refractivity contribution in [2.24, 2.45) is 0 Å². The highest BCUT2D eigenvalue weighted by Crippen LogP contribution is 2.22. The molecule has 0 saturated carbocycles. The van der Waals surface area contributed by atoms with Gasteiger partial charge in [0.2, 0.25) is 0 Å². The number of thiophene rings is 1. The Morgan fingerprint density at radius 3 is 2.82 bits per heavy atom. The summed E-state index contributed by atoms with van der Waals surface area (Å²) in [5.74, 6) is 0.337. The van der Waals surface area contributed by atoms with Crippen molar-refractivity contribution in [2.75, 3.05) is 0 Å². The first kappa shape index (κ1) is 12.3. The van der Waals surface area contributed by atoms with Crippen LogP contribution in [0.4, 0.5) is 5.88 Å². The van der Waals surface area contributed by atoms with Gasteiger partial charge in [-0.2, -0.15) is 0 Å². The highest BCUT2D eigenvalue weighted by molar-refractivity contribution is 9.10. The van der Waals surface area contributed by atoms with Crippen molar-refractivity contribution < 1.29 is 9.34 Å². The summed E-state index contributed by atoms with van der Waals surface area (Å²) in [5, 5.41) is 15.6. The Kier molecular flexibility index (Phi) is 3.93. The molecule has 1 N–H and O–H groups in total. The maximum atomic E-state index is 10.4. The monoisotopic (exact) mass is 316 g/mol. The van der Waals surface area contributed by atoms with Crippen LogP contribution in [0.15, 0.2) is 32.5 Å². The molecule has 0 unspecified atom stereocenters. The molecule has 0 spiro atoms. The van der Waals surface area contributed by atoms with Gasteiger partial charge < -0.3 is 9.73 Å². The lowest BCUT2D eigenvalue weighted by atomic mass is 10.4. The zero-order valence-electron chi connectivity index (χ0n) is 8.68. The molecule has 90 valence electrons. The van der Waals surface area contributed by atoms with E-state index in [1.165, 1.54) is 10.9 Å². The second-order valence-corrected chi connectivity index (χ2v) is 5.15. The standard InChI is InChI=1S/C10H9BrN2O3S/c11-8-3-4-17-9(8)6-12-5-7-1-2-10(16-7)13(14)15/h1-4,12H,5-6H2. The maximum absolute atomic E-state index is 10.4. The van der Waals surface area contributed by atoms with Crippen LogP contribution in [0.3, 0.4) is 0 Å². The van der Waals surface area contributed by atoms with E-state index >= 15 is 0 Å². The van der Waals surface area contributed by atoms with Gasteiger partial charge in [0.1, 0.15) is 10.7 Å². The number of rotatable bonds is 5. The molecular weight excluding hydrogens is 308 g/mol. The minimum atomic E-state index is -0.542. The molecule has 0 saturated heterocycles. The van der Waals surface area contributed by atoms with Crippen LogP contribution < -0.4 is 5.32 Å². The molecule has 7 heteroatoms. The van der Waals surface area contributed by atoms with Gasteiger partial charge in [0.15, 0.2) is 0 Å². The normalized spacial score (nSPS) is 10.6. The van der Waals surface area contributed by atoms with Crippen LogP contribution >= 0.6 is 27.3 Å². The van der Waals surface area contributed by atoms with Crippen LogP contribution in [-0.2, 0) is 13.1 Å². The number of nitro groups is 1. The molecule has 0 aliphatic heterocycles. The fourth-order valence-electron chi connectivity index (χ4n) is 1.31. The first-order chi connectivity index (χ1) is 8.16. The minimum absolute atomic E-state index is 0.223. The second kappa shape index (κ2) is 5.44. The molecule has 0 fully saturated rings. The molecule has 2 aromatic heterocycles. The lowest BCUT2D eigenvalue weighted by Crippen LogP contribution is -2.11. The number of nitrogens with zero attached hydrogens (tertiary/aromatic N) is 1. The third-order valence-electron chi connectivity index (χ3n) is 2.10. The number of furan rings is 1. The second-order valence-electron chi connectivity index (χ2n) is 3.29. The molecule has 5 nitrogen and oxygen atoms in total. The van der Waals surface area contributed by atoms with Gasteiger partial charge in [0, 0.05) is 15.9 Å². The van der Waals surface area contributed by atoms with Crippen molar-refractivity contribution in [3.05, 3.63) is 48.8 Å². The molecule has 2 aromatic rings. The molecule has 2 rings (SSSR count). The number of hydrogen-bond acceptors (Lipinski definition) is 5. The van der Waals surface area contributed by atoms with E-state index in [1.807, 2.05) is 11.4 Å². The van der Waals surface area contributed by atoms with Crippen molar-refractivity contribution in [3.63, 3.8) is 0 Å². The molecule has 2 heterocycles. The molecule has 0 amide bonds. The Bertz CT molecular complexity index is 523. The Morgan fingerprint density at radius 1 is 1.41 bits per heavy atom. The Morgan fingerprint density at radius 2 is 2.24 bits per heavy atom. The topological polar surface area (TPSA) is 68.3 Å². The third kappa shape index (κ3) is 3.15. The van der Waals surface area contributed by atoms with Gasteiger partial charge >= 0.3 is 5.88 Å². The quantitative estimate of drug-likeness (QED) is 0.678. The Balaban J connectivity index is 1.86. The lowest BCUT2D eigenvalue weighted by Gasteiger charge is -2.00. The van der Waals surface area contributed by atoms with Gasteiger partial charge in [-0.1, -0.05) is 0 Å². The van der Waals surface area contributed by atoms with Gasteiger partial charge in [-0.3, -0.25) is 10.1 Å². The van der Waals surface area contributed by atoms with Crippen LogP contribution in [0, 0.1) is 10.1 Å². The van der Waals surface area contributed by atoms with Crippen molar-refractivity contribution in [3.8, 4) is 0 Å². The summed E-state index contributed by atoms with van der Waals surface area (Å²) in [7, 11) is 0. The van der Waals surface area contributed by atoms with Crippen LogP contribution in [-0.4, -0.2) is 4.92 Å². The van der Waals surface area contributed by atoms with E-state index in [0.717, 1.165) is 4.47 Å². The first-order valence-electron chi connectivity index (χ1n) is 4.82. The van der Waals surface area contributed by atoms with E-state index in [0.29, 0.717) is 18.8 Å². The number of nitrogens with one attached hydrogen (secondary N) is 1. The highest BCUT2D eigenvalue weighted by atomic mass is 79.9. The molecular formula is C10H9BrN2O3S. The zero-order chi connectivity index (χ0) is 12.3. The summed E-state index contributed by atoms with van der Waals surface area (Å²) in [6.45, 7) is 1.17. The molecule has 0 aliphatic carbocycles. The summed E-state index contributed by atoms with van der Waals surface area (Å²) >= 11 is 5.08. The summed E-state index contributed by atoms with van der Waals surface area (Å²) in [6.07, 6.45) is 0. The predicted octanol–water partition coefficient (Wildman–Crippen LogP) is 3.30. The maximum Gasteiger partial charge on any atom is 0.433 e. The molecule has 0 aliphatic rings. The predicted molar refractivity (Wildman–Crippen MR) is 67.9 cm³/mol.